The lowest BCUT2D eigenvalue weighted by Gasteiger charge is -2.25. The van der Waals surface area contributed by atoms with Crippen LogP contribution in [0.2, 0.25) is 0 Å². The quantitative estimate of drug-likeness (QED) is 0.0301. The van der Waals surface area contributed by atoms with Gasteiger partial charge in [-0.05, 0) is 92.6 Å². The number of fused-ring (bicyclic) bond motifs is 1. The summed E-state index contributed by atoms with van der Waals surface area (Å²) in [6.07, 6.45) is 7.22. The number of unbranched alkanes of at least 4 members (excludes halogenated alkanes) is 2. The van der Waals surface area contributed by atoms with Gasteiger partial charge in [-0.25, -0.2) is 24.1 Å². The number of anilines is 1. The zero-order valence-electron chi connectivity index (χ0n) is 42.0. The van der Waals surface area contributed by atoms with Crippen LogP contribution in [0, 0.1) is 12.8 Å². The fraction of sp³-hybridized carbons (Fsp3) is 0.340. The average Bonchev–Trinajstić information content (AvgIpc) is 4.14. The highest BCUT2D eigenvalue weighted by atomic mass is 16.6. The molecule has 7 N–H and O–H groups in total. The van der Waals surface area contributed by atoms with E-state index in [2.05, 4.69) is 36.3 Å². The number of ether oxygens (including phenoxy) is 2. The summed E-state index contributed by atoms with van der Waals surface area (Å²) in [5.74, 6) is -1.43. The number of aromatic amines is 1. The molecule has 0 fully saturated rings. The predicted octanol–water partition coefficient (Wildman–Crippen LogP) is 5.21. The summed E-state index contributed by atoms with van der Waals surface area (Å²) >= 11 is 0. The molecule has 6 aromatic rings. The van der Waals surface area contributed by atoms with Gasteiger partial charge in [-0.2, -0.15) is 5.10 Å². The maximum absolute atomic E-state index is 14.0. The molecule has 0 radical (unpaired) electrons. The molecule has 2 aromatic carbocycles. The molecule has 4 aromatic heterocycles. The van der Waals surface area contributed by atoms with Crippen LogP contribution in [0.1, 0.15) is 69.5 Å². The number of para-hydroxylation sites is 1. The second kappa shape index (κ2) is 26.1. The van der Waals surface area contributed by atoms with E-state index in [-0.39, 0.29) is 82.3 Å². The van der Waals surface area contributed by atoms with Crippen molar-refractivity contribution >= 4 is 53.0 Å². The first-order valence-electron chi connectivity index (χ1n) is 24.7. The largest absolute Gasteiger partial charge is 0.492 e. The topological polar surface area (TPSA) is 290 Å². The smallest absolute Gasteiger partial charge is 0.410 e. The third-order valence-electron chi connectivity index (χ3n) is 12.1. The van der Waals surface area contributed by atoms with Crippen molar-refractivity contribution in [3.8, 4) is 28.4 Å². The van der Waals surface area contributed by atoms with Crippen molar-refractivity contribution in [1.82, 2.24) is 55.3 Å². The fourth-order valence-corrected chi connectivity index (χ4v) is 8.10. The number of imide groups is 1. The zero-order valence-corrected chi connectivity index (χ0v) is 42.0. The molecule has 5 heterocycles. The van der Waals surface area contributed by atoms with Gasteiger partial charge in [-0.1, -0.05) is 56.7 Å². The second-order valence-electron chi connectivity index (χ2n) is 18.1. The zero-order chi connectivity index (χ0) is 53.3. The lowest BCUT2D eigenvalue weighted by atomic mass is 10.0. The van der Waals surface area contributed by atoms with Crippen molar-refractivity contribution < 1.29 is 43.0 Å². The Morgan fingerprint density at radius 2 is 1.61 bits per heavy atom. The van der Waals surface area contributed by atoms with Crippen LogP contribution in [0.15, 0.2) is 110 Å². The summed E-state index contributed by atoms with van der Waals surface area (Å²) in [5, 5.41) is 15.2. The number of rotatable bonds is 26. The summed E-state index contributed by atoms with van der Waals surface area (Å²) in [5.41, 5.74) is 10.4. The first-order valence-corrected chi connectivity index (χ1v) is 24.7. The number of aromatic nitrogens is 6. The summed E-state index contributed by atoms with van der Waals surface area (Å²) in [4.78, 5) is 109. The van der Waals surface area contributed by atoms with Gasteiger partial charge < -0.3 is 41.5 Å². The van der Waals surface area contributed by atoms with E-state index >= 15 is 0 Å². The van der Waals surface area contributed by atoms with Crippen LogP contribution >= 0.6 is 0 Å². The van der Waals surface area contributed by atoms with Gasteiger partial charge in [-0.15, -0.1) is 0 Å². The van der Waals surface area contributed by atoms with Gasteiger partial charge in [0.15, 0.2) is 5.65 Å². The summed E-state index contributed by atoms with van der Waals surface area (Å²) in [6, 6.07) is 22.5. The van der Waals surface area contributed by atoms with Crippen molar-refractivity contribution in [2.45, 2.75) is 84.5 Å². The minimum Gasteiger partial charge on any atom is -0.492 e. The molecule has 0 aliphatic carbocycles. The molecule has 0 saturated carbocycles. The molecule has 1 unspecified atom stereocenters. The molecular weight excluding hydrogens is 963 g/mol. The first-order chi connectivity index (χ1) is 36.2. The number of hydrogen-bond donors (Lipinski definition) is 6. The number of imidazole rings is 1. The molecule has 22 heteroatoms. The van der Waals surface area contributed by atoms with Crippen molar-refractivity contribution in [2.75, 3.05) is 31.6 Å². The SMILES string of the molecule is Cc1cccc(-c2nc(CN(CCOc3ccccc3)C(=O)OCc3ccc(NC(=O)[C@H](CCCNC(N)=O)NC(=O)C(NC(=O)CCCCCN4C(=O)C=CC4=O)C(C)C)cc3)[nH]c2-c2ccc3ncnn3c2)n1. The Morgan fingerprint density at radius 1 is 0.840 bits per heavy atom. The Kier molecular flexibility index (Phi) is 18.8. The second-order valence-corrected chi connectivity index (χ2v) is 18.1. The molecule has 392 valence electrons. The number of amides is 8. The number of aryl methyl sites for hydroxylation is 1. The number of H-pyrrole nitrogens is 1. The molecule has 75 heavy (non-hydrogen) atoms. The van der Waals surface area contributed by atoms with E-state index in [9.17, 15) is 33.6 Å². The molecular formula is C53H61N13O9. The number of hydrogen-bond acceptors (Lipinski definition) is 13. The van der Waals surface area contributed by atoms with Gasteiger partial charge in [-0.3, -0.25) is 38.8 Å². The molecule has 1 aliphatic heterocycles. The van der Waals surface area contributed by atoms with Crippen LogP contribution in [0.3, 0.4) is 0 Å². The highest BCUT2D eigenvalue weighted by molar-refractivity contribution is 6.12. The number of primary amides is 1. The molecule has 0 spiro atoms. The monoisotopic (exact) mass is 1020 g/mol. The Morgan fingerprint density at radius 3 is 2.35 bits per heavy atom. The Balaban J connectivity index is 0.977. The van der Waals surface area contributed by atoms with Gasteiger partial charge in [0.1, 0.15) is 48.9 Å². The van der Waals surface area contributed by atoms with Gasteiger partial charge in [0, 0.05) is 54.8 Å². The van der Waals surface area contributed by atoms with E-state index in [1.54, 1.807) is 42.6 Å². The third kappa shape index (κ3) is 15.5. The molecule has 2 atom stereocenters. The Labute approximate surface area is 432 Å². The number of pyridine rings is 2. The van der Waals surface area contributed by atoms with Gasteiger partial charge in [0.05, 0.1) is 24.5 Å². The van der Waals surface area contributed by atoms with Crippen LogP contribution in [-0.4, -0.2) is 119 Å². The highest BCUT2D eigenvalue weighted by Gasteiger charge is 2.29. The van der Waals surface area contributed by atoms with Crippen molar-refractivity contribution in [1.29, 1.82) is 0 Å². The average molecular weight is 1020 g/mol. The van der Waals surface area contributed by atoms with Gasteiger partial charge in [0.2, 0.25) is 17.7 Å². The van der Waals surface area contributed by atoms with E-state index in [0.29, 0.717) is 64.8 Å². The van der Waals surface area contributed by atoms with E-state index in [1.165, 1.54) is 23.4 Å². The molecule has 22 nitrogen and oxygen atoms in total. The van der Waals surface area contributed by atoms with Crippen molar-refractivity contribution in [2.24, 2.45) is 11.7 Å². The predicted molar refractivity (Wildman–Crippen MR) is 276 cm³/mol. The number of carbonyl (C=O) groups excluding carboxylic acids is 7. The van der Waals surface area contributed by atoms with Crippen LogP contribution < -0.4 is 31.7 Å². The van der Waals surface area contributed by atoms with Crippen LogP contribution in [0.5, 0.6) is 5.75 Å². The Bertz CT molecular complexity index is 2970. The molecule has 7 rings (SSSR count). The van der Waals surface area contributed by atoms with Gasteiger partial charge in [0.25, 0.3) is 11.8 Å². The fourth-order valence-electron chi connectivity index (χ4n) is 8.10. The number of benzene rings is 2. The third-order valence-corrected chi connectivity index (χ3v) is 12.1. The van der Waals surface area contributed by atoms with E-state index in [1.807, 2.05) is 73.8 Å². The van der Waals surface area contributed by atoms with E-state index in [0.717, 1.165) is 16.2 Å². The number of nitrogens with zero attached hydrogens (tertiary/aromatic N) is 7. The van der Waals surface area contributed by atoms with Crippen LogP contribution in [0.4, 0.5) is 15.3 Å². The van der Waals surface area contributed by atoms with E-state index < -0.39 is 36.0 Å². The van der Waals surface area contributed by atoms with E-state index in [4.69, 9.17) is 25.2 Å². The minimum absolute atomic E-state index is 0.0278. The number of carbonyl (C=O) groups is 7. The summed E-state index contributed by atoms with van der Waals surface area (Å²) in [7, 11) is 0. The normalized spacial score (nSPS) is 12.9. The van der Waals surface area contributed by atoms with Crippen LogP contribution in [0.25, 0.3) is 28.3 Å². The molecule has 8 amide bonds. The Hall–Kier alpha value is -8.95. The van der Waals surface area contributed by atoms with Crippen molar-refractivity contribution in [3.05, 3.63) is 127 Å². The maximum atomic E-state index is 14.0. The lowest BCUT2D eigenvalue weighted by molar-refractivity contribution is -0.137. The number of nitrogens with one attached hydrogen (secondary N) is 5. The number of nitrogens with two attached hydrogens (primary N) is 1. The maximum Gasteiger partial charge on any atom is 0.410 e. The summed E-state index contributed by atoms with van der Waals surface area (Å²) < 4.78 is 13.5. The number of urea groups is 1. The first kappa shape index (κ1) is 53.8. The lowest BCUT2D eigenvalue weighted by Crippen LogP contribution is -2.54. The molecule has 0 bridgehead atoms. The molecule has 1 aliphatic rings. The minimum atomic E-state index is -1.07. The van der Waals surface area contributed by atoms with Crippen molar-refractivity contribution in [3.63, 3.8) is 0 Å². The standard InChI is InChI=1S/C53H61N13O9/c1-34(2)47(63-44(67)17-8-5-9-27-65-45(68)24-25-46(65)69)51(71)60-41(16-11-26-55-52(54)72)50(70)59-38-21-18-36(19-22-38)32-75-53(73)64(28-29-74-39-13-6-4-7-14-39)31-42-61-48(37-20-23-43-56-33-57-66(43)30-37)49(62-42)40-15-10-12-35(3)58-40/h4,6-7,10,12-15,18-25,30,33-34,41,47H,5,8-9,11,16-17,26-29,31-32H2,1-3H3,(H,59,70)(H,60,71)(H,61,62)(H,63,67)(H3,54,55,72)/t41-,47?/m0/s1. The highest BCUT2D eigenvalue weighted by Crippen LogP contribution is 2.30. The van der Waals surface area contributed by atoms with Crippen LogP contribution in [-0.2, 0) is 41.9 Å². The molecule has 0 saturated heterocycles. The van der Waals surface area contributed by atoms with Gasteiger partial charge >= 0.3 is 12.1 Å². The summed E-state index contributed by atoms with van der Waals surface area (Å²) in [6.45, 7) is 6.05.